The Hall–Kier alpha value is -0.820. The monoisotopic (exact) mass is 151 g/mol. The minimum Gasteiger partial charge on any atom is -0.309 e. The number of fused-ring (bicyclic) bond motifs is 1. The van der Waals surface area contributed by atoms with Gasteiger partial charge in [0, 0.05) is 13.1 Å². The summed E-state index contributed by atoms with van der Waals surface area (Å²) in [4.78, 5) is 0. The third-order valence-electron chi connectivity index (χ3n) is 1.75. The average Bonchev–Trinajstić information content (AvgIpc) is 2.33. The van der Waals surface area contributed by atoms with Gasteiger partial charge in [-0.2, -0.15) is 0 Å². The molecule has 1 aliphatic rings. The minimum atomic E-state index is 0. The fraction of sp³-hybridized carbons (Fsp3) is 0.400. The molecule has 1 nitrogen and oxygen atoms in total. The van der Waals surface area contributed by atoms with Crippen molar-refractivity contribution < 1.29 is 0 Å². The molecule has 0 spiro atoms. The lowest BCUT2D eigenvalue weighted by Gasteiger charge is -1.91. The van der Waals surface area contributed by atoms with E-state index in [1.54, 1.807) is 0 Å². The maximum atomic E-state index is 3.29. The van der Waals surface area contributed by atoms with Crippen molar-refractivity contribution in [3.8, 4) is 0 Å². The zero-order valence-corrected chi connectivity index (χ0v) is 5.22. The van der Waals surface area contributed by atoms with Gasteiger partial charge in [-0.3, -0.25) is 0 Å². The Morgan fingerprint density at radius 1 is 0.909 bits per heavy atom. The van der Waals surface area contributed by atoms with Crippen LogP contribution in [0.15, 0.2) is 24.3 Å². The molecule has 0 aliphatic carbocycles. The van der Waals surface area contributed by atoms with Crippen molar-refractivity contribution in [2.45, 2.75) is 27.9 Å². The average molecular weight is 151 g/mol. The minimum absolute atomic E-state index is 0. The first-order valence-corrected chi connectivity index (χ1v) is 3.24. The summed E-state index contributed by atoms with van der Waals surface area (Å²) in [6.07, 6.45) is 0. The Kier molecular flexibility index (Phi) is 3.83. The van der Waals surface area contributed by atoms with Crippen molar-refractivity contribution in [2.24, 2.45) is 0 Å². The van der Waals surface area contributed by atoms with E-state index in [1.807, 2.05) is 0 Å². The normalized spacial score (nSPS) is 12.7. The molecular formula is C10H17N. The Bertz CT molecular complexity index is 195. The molecule has 1 aromatic carbocycles. The van der Waals surface area contributed by atoms with Crippen LogP contribution in [0.4, 0.5) is 0 Å². The molecule has 0 aromatic heterocycles. The van der Waals surface area contributed by atoms with Crippen molar-refractivity contribution >= 4 is 0 Å². The van der Waals surface area contributed by atoms with Crippen LogP contribution in [0.25, 0.3) is 0 Å². The molecule has 0 saturated heterocycles. The van der Waals surface area contributed by atoms with Gasteiger partial charge in [-0.1, -0.05) is 39.1 Å². The molecule has 0 fully saturated rings. The van der Waals surface area contributed by atoms with Gasteiger partial charge in [0.2, 0.25) is 0 Å². The Morgan fingerprint density at radius 3 is 1.82 bits per heavy atom. The van der Waals surface area contributed by atoms with E-state index in [0.29, 0.717) is 0 Å². The van der Waals surface area contributed by atoms with Crippen LogP contribution in [0.1, 0.15) is 26.0 Å². The molecule has 1 aliphatic heterocycles. The van der Waals surface area contributed by atoms with Crippen LogP contribution in [0.3, 0.4) is 0 Å². The van der Waals surface area contributed by atoms with Crippen LogP contribution in [-0.4, -0.2) is 0 Å². The molecule has 62 valence electrons. The maximum absolute atomic E-state index is 3.29. The topological polar surface area (TPSA) is 12.0 Å². The Balaban J connectivity index is 0.000000500. The number of hydrogen-bond donors (Lipinski definition) is 1. The van der Waals surface area contributed by atoms with Crippen molar-refractivity contribution in [3.63, 3.8) is 0 Å². The maximum Gasteiger partial charge on any atom is 0.0211 e. The van der Waals surface area contributed by atoms with Gasteiger partial charge in [0.05, 0.1) is 0 Å². The van der Waals surface area contributed by atoms with E-state index in [9.17, 15) is 0 Å². The van der Waals surface area contributed by atoms with E-state index < -0.39 is 0 Å². The van der Waals surface area contributed by atoms with Gasteiger partial charge < -0.3 is 5.32 Å². The molecule has 1 N–H and O–H groups in total. The third-order valence-corrected chi connectivity index (χ3v) is 1.75. The second-order valence-corrected chi connectivity index (χ2v) is 2.37. The smallest absolute Gasteiger partial charge is 0.0211 e. The standard InChI is InChI=1S/C8H9N.2CH4/c1-2-4-8-6-9-5-7(8)3-1;;/h1-4,9H,5-6H2;2*1H4. The molecule has 0 saturated carbocycles. The highest BCUT2D eigenvalue weighted by molar-refractivity contribution is 5.29. The Morgan fingerprint density at radius 2 is 1.36 bits per heavy atom. The molecule has 0 unspecified atom stereocenters. The van der Waals surface area contributed by atoms with Gasteiger partial charge in [-0.15, -0.1) is 0 Å². The van der Waals surface area contributed by atoms with Crippen molar-refractivity contribution in [2.75, 3.05) is 0 Å². The molecule has 0 bridgehead atoms. The lowest BCUT2D eigenvalue weighted by atomic mass is 10.1. The summed E-state index contributed by atoms with van der Waals surface area (Å²) in [5.74, 6) is 0. The summed E-state index contributed by atoms with van der Waals surface area (Å²) >= 11 is 0. The molecule has 2 rings (SSSR count). The van der Waals surface area contributed by atoms with Crippen LogP contribution in [0, 0.1) is 0 Å². The first-order chi connectivity index (χ1) is 4.47. The number of rotatable bonds is 0. The van der Waals surface area contributed by atoms with Crippen LogP contribution in [0.2, 0.25) is 0 Å². The van der Waals surface area contributed by atoms with E-state index in [2.05, 4.69) is 29.6 Å². The predicted molar refractivity (Wildman–Crippen MR) is 50.4 cm³/mol. The first kappa shape index (κ1) is 10.2. The number of nitrogens with one attached hydrogen (secondary N) is 1. The molecule has 0 atom stereocenters. The van der Waals surface area contributed by atoms with Crippen molar-refractivity contribution in [3.05, 3.63) is 35.4 Å². The molecule has 1 heteroatoms. The van der Waals surface area contributed by atoms with E-state index in [4.69, 9.17) is 0 Å². The quantitative estimate of drug-likeness (QED) is 0.601. The lowest BCUT2D eigenvalue weighted by molar-refractivity contribution is 0.765. The van der Waals surface area contributed by atoms with Gasteiger partial charge in [0.15, 0.2) is 0 Å². The SMILES string of the molecule is C.C.c1ccc2c(c1)CNC2. The van der Waals surface area contributed by atoms with Crippen LogP contribution >= 0.6 is 0 Å². The lowest BCUT2D eigenvalue weighted by Crippen LogP contribution is -1.99. The van der Waals surface area contributed by atoms with Gasteiger partial charge in [0.25, 0.3) is 0 Å². The second kappa shape index (κ2) is 4.14. The number of benzene rings is 1. The van der Waals surface area contributed by atoms with Gasteiger partial charge in [-0.05, 0) is 11.1 Å². The molecule has 1 heterocycles. The van der Waals surface area contributed by atoms with E-state index in [-0.39, 0.29) is 14.9 Å². The fourth-order valence-electron chi connectivity index (χ4n) is 1.23. The van der Waals surface area contributed by atoms with E-state index in [0.717, 1.165) is 13.1 Å². The highest BCUT2D eigenvalue weighted by Crippen LogP contribution is 2.12. The van der Waals surface area contributed by atoms with Crippen molar-refractivity contribution in [1.29, 1.82) is 0 Å². The van der Waals surface area contributed by atoms with E-state index >= 15 is 0 Å². The number of hydrogen-bond acceptors (Lipinski definition) is 1. The highest BCUT2D eigenvalue weighted by Gasteiger charge is 2.06. The molecule has 11 heavy (non-hydrogen) atoms. The third kappa shape index (κ3) is 1.81. The summed E-state index contributed by atoms with van der Waals surface area (Å²) < 4.78 is 0. The summed E-state index contributed by atoms with van der Waals surface area (Å²) in [5, 5.41) is 3.29. The molecular weight excluding hydrogens is 134 g/mol. The molecule has 1 aromatic rings. The zero-order chi connectivity index (χ0) is 6.10. The summed E-state index contributed by atoms with van der Waals surface area (Å²) in [7, 11) is 0. The molecule has 0 amide bonds. The van der Waals surface area contributed by atoms with Crippen LogP contribution < -0.4 is 5.32 Å². The Labute approximate surface area is 69.4 Å². The zero-order valence-electron chi connectivity index (χ0n) is 5.22. The largest absolute Gasteiger partial charge is 0.309 e. The van der Waals surface area contributed by atoms with Crippen LogP contribution in [0.5, 0.6) is 0 Å². The van der Waals surface area contributed by atoms with Gasteiger partial charge in [0.1, 0.15) is 0 Å². The predicted octanol–water partition coefficient (Wildman–Crippen LogP) is 2.56. The second-order valence-electron chi connectivity index (χ2n) is 2.37. The van der Waals surface area contributed by atoms with Crippen LogP contribution in [-0.2, 0) is 13.1 Å². The molecule has 0 radical (unpaired) electrons. The fourth-order valence-corrected chi connectivity index (χ4v) is 1.23. The van der Waals surface area contributed by atoms with Crippen molar-refractivity contribution in [1.82, 2.24) is 5.32 Å². The van der Waals surface area contributed by atoms with E-state index in [1.165, 1.54) is 11.1 Å². The summed E-state index contributed by atoms with van der Waals surface area (Å²) in [6.45, 7) is 2.10. The first-order valence-electron chi connectivity index (χ1n) is 3.24. The highest BCUT2D eigenvalue weighted by atomic mass is 14.9. The van der Waals surface area contributed by atoms with Gasteiger partial charge >= 0.3 is 0 Å². The summed E-state index contributed by atoms with van der Waals surface area (Å²) in [5.41, 5.74) is 2.91. The van der Waals surface area contributed by atoms with Gasteiger partial charge in [-0.25, -0.2) is 0 Å². The summed E-state index contributed by atoms with van der Waals surface area (Å²) in [6, 6.07) is 8.53.